The van der Waals surface area contributed by atoms with Gasteiger partial charge in [-0.3, -0.25) is 0 Å². The van der Waals surface area contributed by atoms with Gasteiger partial charge in [0.05, 0.1) is 19.9 Å². The maximum absolute atomic E-state index is 5.50. The fourth-order valence-corrected chi connectivity index (χ4v) is 1.25. The number of nitrogens with two attached hydrogens (primary N) is 1. The minimum Gasteiger partial charge on any atom is -0.495 e. The quantitative estimate of drug-likeness (QED) is 0.647. The first-order valence-electron chi connectivity index (χ1n) is 2.85. The van der Waals surface area contributed by atoms with Gasteiger partial charge in [-0.1, -0.05) is 15.9 Å². The molecule has 0 amide bonds. The predicted molar refractivity (Wildman–Crippen MR) is 43.0 cm³/mol. The number of methoxy groups -OCH3 is 1. The highest BCUT2D eigenvalue weighted by atomic mass is 79.9. The van der Waals surface area contributed by atoms with Crippen LogP contribution in [0.3, 0.4) is 0 Å². The van der Waals surface area contributed by atoms with Crippen LogP contribution in [0.15, 0.2) is 22.5 Å². The molecule has 3 nitrogen and oxygen atoms in total. The SMILES string of the molecule is COC1=CN(N)CC(Br)=C1. The lowest BCUT2D eigenvalue weighted by molar-refractivity contribution is 0.283. The highest BCUT2D eigenvalue weighted by Gasteiger charge is 2.06. The van der Waals surface area contributed by atoms with Crippen LogP contribution in [0.2, 0.25) is 0 Å². The molecule has 0 atom stereocenters. The Labute approximate surface area is 68.2 Å². The van der Waals surface area contributed by atoms with Crippen molar-refractivity contribution < 1.29 is 4.74 Å². The van der Waals surface area contributed by atoms with Crippen molar-refractivity contribution in [3.05, 3.63) is 22.5 Å². The van der Waals surface area contributed by atoms with Gasteiger partial charge in [-0.05, 0) is 6.08 Å². The van der Waals surface area contributed by atoms with Crippen LogP contribution in [0.5, 0.6) is 0 Å². The molecular weight excluding hydrogens is 196 g/mol. The van der Waals surface area contributed by atoms with Gasteiger partial charge in [0.1, 0.15) is 5.76 Å². The third-order valence-corrected chi connectivity index (χ3v) is 1.64. The summed E-state index contributed by atoms with van der Waals surface area (Å²) >= 11 is 3.33. The summed E-state index contributed by atoms with van der Waals surface area (Å²) in [6, 6.07) is 0. The summed E-state index contributed by atoms with van der Waals surface area (Å²) in [6.45, 7) is 0.701. The molecule has 0 aromatic rings. The van der Waals surface area contributed by atoms with Gasteiger partial charge < -0.3 is 9.75 Å². The van der Waals surface area contributed by atoms with E-state index >= 15 is 0 Å². The topological polar surface area (TPSA) is 38.5 Å². The summed E-state index contributed by atoms with van der Waals surface area (Å²) in [7, 11) is 1.61. The molecule has 0 fully saturated rings. The highest BCUT2D eigenvalue weighted by Crippen LogP contribution is 2.15. The summed E-state index contributed by atoms with van der Waals surface area (Å²) in [6.07, 6.45) is 3.63. The summed E-state index contributed by atoms with van der Waals surface area (Å²) in [5.41, 5.74) is 0. The smallest absolute Gasteiger partial charge is 0.137 e. The van der Waals surface area contributed by atoms with E-state index < -0.39 is 0 Å². The molecule has 1 heterocycles. The van der Waals surface area contributed by atoms with E-state index in [0.29, 0.717) is 6.54 Å². The van der Waals surface area contributed by atoms with E-state index in [2.05, 4.69) is 15.9 Å². The van der Waals surface area contributed by atoms with Crippen molar-refractivity contribution >= 4 is 15.9 Å². The van der Waals surface area contributed by atoms with E-state index in [9.17, 15) is 0 Å². The Morgan fingerprint density at radius 3 is 3.00 bits per heavy atom. The van der Waals surface area contributed by atoms with Crippen LogP contribution in [-0.2, 0) is 4.74 Å². The first-order chi connectivity index (χ1) is 4.72. The van der Waals surface area contributed by atoms with Gasteiger partial charge >= 0.3 is 0 Å². The van der Waals surface area contributed by atoms with Crippen LogP contribution >= 0.6 is 15.9 Å². The number of nitrogens with zero attached hydrogens (tertiary/aromatic N) is 1. The van der Waals surface area contributed by atoms with Crippen LogP contribution in [0.4, 0.5) is 0 Å². The molecular formula is C6H9BrN2O. The van der Waals surface area contributed by atoms with Crippen molar-refractivity contribution in [2.24, 2.45) is 5.84 Å². The second kappa shape index (κ2) is 3.07. The molecule has 1 aliphatic rings. The van der Waals surface area contributed by atoms with Crippen molar-refractivity contribution in [2.45, 2.75) is 0 Å². The van der Waals surface area contributed by atoms with E-state index in [1.54, 1.807) is 18.3 Å². The van der Waals surface area contributed by atoms with Crippen molar-refractivity contribution in [2.75, 3.05) is 13.7 Å². The Kier molecular flexibility index (Phi) is 2.34. The molecule has 0 bridgehead atoms. The Balaban J connectivity index is 2.72. The molecule has 0 aromatic heterocycles. The molecule has 56 valence electrons. The summed E-state index contributed by atoms with van der Waals surface area (Å²) in [5.74, 6) is 6.26. The van der Waals surface area contributed by atoms with E-state index in [0.717, 1.165) is 10.2 Å². The normalized spacial score (nSPS) is 18.1. The summed E-state index contributed by atoms with van der Waals surface area (Å²) in [4.78, 5) is 0. The van der Waals surface area contributed by atoms with Crippen LogP contribution < -0.4 is 5.84 Å². The van der Waals surface area contributed by atoms with Gasteiger partial charge in [-0.2, -0.15) is 0 Å². The molecule has 0 unspecified atom stereocenters. The van der Waals surface area contributed by atoms with Crippen molar-refractivity contribution in [3.8, 4) is 0 Å². The molecule has 0 saturated carbocycles. The van der Waals surface area contributed by atoms with Crippen LogP contribution in [-0.4, -0.2) is 18.7 Å². The van der Waals surface area contributed by atoms with E-state index in [-0.39, 0.29) is 0 Å². The predicted octanol–water partition coefficient (Wildman–Crippen LogP) is 0.942. The number of rotatable bonds is 1. The maximum Gasteiger partial charge on any atom is 0.137 e. The third kappa shape index (κ3) is 1.75. The molecule has 1 aliphatic heterocycles. The Morgan fingerprint density at radius 1 is 1.80 bits per heavy atom. The lowest BCUT2D eigenvalue weighted by atomic mass is 10.3. The molecule has 2 N–H and O–H groups in total. The molecule has 0 aliphatic carbocycles. The van der Waals surface area contributed by atoms with Crippen LogP contribution in [0, 0.1) is 0 Å². The number of allylic oxidation sites excluding steroid dienone is 1. The molecule has 0 radical (unpaired) electrons. The first-order valence-corrected chi connectivity index (χ1v) is 3.65. The lowest BCUT2D eigenvalue weighted by Gasteiger charge is -2.18. The van der Waals surface area contributed by atoms with Gasteiger partial charge in [-0.25, -0.2) is 5.84 Å². The van der Waals surface area contributed by atoms with Gasteiger partial charge in [0.2, 0.25) is 0 Å². The fraction of sp³-hybridized carbons (Fsp3) is 0.333. The third-order valence-electron chi connectivity index (χ3n) is 1.16. The molecule has 10 heavy (non-hydrogen) atoms. The number of halogens is 1. The zero-order chi connectivity index (χ0) is 7.56. The molecule has 0 spiro atoms. The Hall–Kier alpha value is -0.480. The zero-order valence-corrected chi connectivity index (χ0v) is 7.26. The van der Waals surface area contributed by atoms with Gasteiger partial charge in [0, 0.05) is 4.48 Å². The number of hydrogen-bond acceptors (Lipinski definition) is 3. The standard InChI is InChI=1S/C6H9BrN2O/c1-10-6-2-5(7)3-9(8)4-6/h2,4H,3,8H2,1H3. The Morgan fingerprint density at radius 2 is 2.50 bits per heavy atom. The number of ether oxygens (including phenoxy) is 1. The zero-order valence-electron chi connectivity index (χ0n) is 5.67. The molecule has 0 saturated heterocycles. The number of hydrogen-bond donors (Lipinski definition) is 1. The second-order valence-corrected chi connectivity index (χ2v) is 3.02. The van der Waals surface area contributed by atoms with Gasteiger partial charge in [0.15, 0.2) is 0 Å². The number of hydrazine groups is 1. The monoisotopic (exact) mass is 204 g/mol. The van der Waals surface area contributed by atoms with E-state index in [4.69, 9.17) is 10.6 Å². The van der Waals surface area contributed by atoms with E-state index in [1.807, 2.05) is 6.08 Å². The van der Waals surface area contributed by atoms with Gasteiger partial charge in [-0.15, -0.1) is 0 Å². The van der Waals surface area contributed by atoms with Crippen molar-refractivity contribution in [1.82, 2.24) is 5.01 Å². The van der Waals surface area contributed by atoms with Gasteiger partial charge in [0.25, 0.3) is 0 Å². The first kappa shape index (κ1) is 7.63. The highest BCUT2D eigenvalue weighted by molar-refractivity contribution is 9.11. The minimum absolute atomic E-state index is 0.701. The fourth-order valence-electron chi connectivity index (χ4n) is 0.732. The average molecular weight is 205 g/mol. The van der Waals surface area contributed by atoms with Crippen molar-refractivity contribution in [3.63, 3.8) is 0 Å². The Bertz CT molecular complexity index is 188. The lowest BCUT2D eigenvalue weighted by Crippen LogP contribution is -2.28. The van der Waals surface area contributed by atoms with Crippen LogP contribution in [0.25, 0.3) is 0 Å². The van der Waals surface area contributed by atoms with Crippen molar-refractivity contribution in [1.29, 1.82) is 0 Å². The van der Waals surface area contributed by atoms with E-state index in [1.165, 1.54) is 0 Å². The maximum atomic E-state index is 5.50. The summed E-state index contributed by atoms with van der Waals surface area (Å²) < 4.78 is 5.99. The molecule has 1 rings (SSSR count). The summed E-state index contributed by atoms with van der Waals surface area (Å²) in [5, 5.41) is 1.56. The molecule has 4 heteroatoms. The van der Waals surface area contributed by atoms with Crippen LogP contribution in [0.1, 0.15) is 0 Å². The molecule has 0 aromatic carbocycles. The largest absolute Gasteiger partial charge is 0.495 e. The second-order valence-electron chi connectivity index (χ2n) is 2.00. The average Bonchev–Trinajstić information content (AvgIpc) is 1.85. The minimum atomic E-state index is 0.701.